The van der Waals surface area contributed by atoms with Crippen molar-refractivity contribution < 1.29 is 23.5 Å². The van der Waals surface area contributed by atoms with E-state index in [1.165, 1.54) is 13.0 Å². The standard InChI is InChI=1S/C20H28FNO4/c1-6-25-18(23)16(12-15-10-8-7-9-11-15)13-17(21)14(2)22-19(24)26-20(3,4)5/h7-11,13-14,16H,6,12H2,1-5H3,(H,22,24)/b17-13-/t14-,16+/m1/s1. The largest absolute Gasteiger partial charge is 0.466 e. The van der Waals surface area contributed by atoms with Crippen LogP contribution in [0.15, 0.2) is 42.2 Å². The van der Waals surface area contributed by atoms with E-state index < -0.39 is 35.5 Å². The lowest BCUT2D eigenvalue weighted by molar-refractivity contribution is -0.146. The van der Waals surface area contributed by atoms with E-state index >= 15 is 0 Å². The number of carbonyl (C=O) groups is 2. The van der Waals surface area contributed by atoms with Crippen LogP contribution in [0.25, 0.3) is 0 Å². The predicted molar refractivity (Wildman–Crippen MR) is 98.3 cm³/mol. The van der Waals surface area contributed by atoms with E-state index in [1.807, 2.05) is 30.3 Å². The number of ether oxygens (including phenoxy) is 2. The Bertz CT molecular complexity index is 622. The Morgan fingerprint density at radius 2 is 1.85 bits per heavy atom. The van der Waals surface area contributed by atoms with Crippen molar-refractivity contribution in [2.45, 2.75) is 52.7 Å². The summed E-state index contributed by atoms with van der Waals surface area (Å²) in [4.78, 5) is 23.9. The van der Waals surface area contributed by atoms with Crippen molar-refractivity contribution in [2.24, 2.45) is 5.92 Å². The number of hydrogen-bond acceptors (Lipinski definition) is 4. The first kappa shape index (κ1) is 21.7. The van der Waals surface area contributed by atoms with Gasteiger partial charge in [-0.25, -0.2) is 9.18 Å². The van der Waals surface area contributed by atoms with Gasteiger partial charge in [-0.15, -0.1) is 0 Å². The van der Waals surface area contributed by atoms with Crippen molar-refractivity contribution >= 4 is 12.1 Å². The number of nitrogens with one attached hydrogen (secondary N) is 1. The van der Waals surface area contributed by atoms with Gasteiger partial charge < -0.3 is 14.8 Å². The molecular formula is C20H28FNO4. The molecule has 0 unspecified atom stereocenters. The minimum absolute atomic E-state index is 0.214. The number of amides is 1. The summed E-state index contributed by atoms with van der Waals surface area (Å²) in [5.41, 5.74) is 0.215. The number of carbonyl (C=O) groups excluding carboxylic acids is 2. The summed E-state index contributed by atoms with van der Waals surface area (Å²) in [7, 11) is 0. The van der Waals surface area contributed by atoms with Crippen molar-refractivity contribution in [3.05, 3.63) is 47.8 Å². The highest BCUT2D eigenvalue weighted by molar-refractivity contribution is 5.75. The molecule has 0 radical (unpaired) electrons. The molecule has 1 aromatic carbocycles. The van der Waals surface area contributed by atoms with Crippen molar-refractivity contribution in [3.63, 3.8) is 0 Å². The van der Waals surface area contributed by atoms with Gasteiger partial charge in [0.2, 0.25) is 0 Å². The molecule has 1 amide bonds. The van der Waals surface area contributed by atoms with Gasteiger partial charge >= 0.3 is 12.1 Å². The Morgan fingerprint density at radius 3 is 2.38 bits per heavy atom. The molecule has 0 aliphatic rings. The second-order valence-corrected chi connectivity index (χ2v) is 6.97. The van der Waals surface area contributed by atoms with E-state index in [2.05, 4.69) is 5.32 Å². The number of benzene rings is 1. The highest BCUT2D eigenvalue weighted by atomic mass is 19.1. The molecule has 6 heteroatoms. The van der Waals surface area contributed by atoms with Gasteiger partial charge in [-0.1, -0.05) is 30.3 Å². The Morgan fingerprint density at radius 1 is 1.23 bits per heavy atom. The van der Waals surface area contributed by atoms with E-state index in [4.69, 9.17) is 9.47 Å². The molecule has 1 aromatic rings. The number of halogens is 1. The Balaban J connectivity index is 2.85. The maximum atomic E-state index is 14.5. The number of alkyl carbamates (subject to hydrolysis) is 1. The number of hydrogen-bond donors (Lipinski definition) is 1. The fraction of sp³-hybridized carbons (Fsp3) is 0.500. The SMILES string of the molecule is CCOC(=O)[C@H](/C=C(\F)[C@@H](C)NC(=O)OC(C)(C)C)Cc1ccccc1. The Hall–Kier alpha value is -2.37. The van der Waals surface area contributed by atoms with Crippen molar-refractivity contribution in [3.8, 4) is 0 Å². The number of rotatable bonds is 7. The lowest BCUT2D eigenvalue weighted by Crippen LogP contribution is -2.38. The minimum atomic E-state index is -0.919. The third kappa shape index (κ3) is 8.14. The molecule has 1 N–H and O–H groups in total. The van der Waals surface area contributed by atoms with Crippen LogP contribution in [-0.2, 0) is 20.7 Å². The fourth-order valence-corrected chi connectivity index (χ4v) is 2.22. The van der Waals surface area contributed by atoms with Gasteiger partial charge in [0.1, 0.15) is 11.4 Å². The Labute approximate surface area is 154 Å². The lowest BCUT2D eigenvalue weighted by atomic mass is 9.98. The monoisotopic (exact) mass is 365 g/mol. The van der Waals surface area contributed by atoms with Gasteiger partial charge in [0, 0.05) is 0 Å². The summed E-state index contributed by atoms with van der Waals surface area (Å²) >= 11 is 0. The third-order valence-corrected chi connectivity index (χ3v) is 3.40. The molecule has 0 bridgehead atoms. The van der Waals surface area contributed by atoms with E-state index in [0.717, 1.165) is 5.56 Å². The van der Waals surface area contributed by atoms with Crippen LogP contribution >= 0.6 is 0 Å². The molecule has 0 saturated heterocycles. The average Bonchev–Trinajstić information content (AvgIpc) is 2.53. The molecule has 26 heavy (non-hydrogen) atoms. The molecule has 0 aromatic heterocycles. The first-order valence-electron chi connectivity index (χ1n) is 8.69. The fourth-order valence-electron chi connectivity index (χ4n) is 2.22. The van der Waals surface area contributed by atoms with E-state index in [-0.39, 0.29) is 6.61 Å². The first-order chi connectivity index (χ1) is 12.1. The normalized spacial score (nSPS) is 14.3. The van der Waals surface area contributed by atoms with Gasteiger partial charge in [-0.05, 0) is 52.7 Å². The lowest BCUT2D eigenvalue weighted by Gasteiger charge is -2.21. The van der Waals surface area contributed by atoms with E-state index in [1.54, 1.807) is 27.7 Å². The molecular weight excluding hydrogens is 337 g/mol. The molecule has 5 nitrogen and oxygen atoms in total. The second-order valence-electron chi connectivity index (χ2n) is 6.97. The highest BCUT2D eigenvalue weighted by Gasteiger charge is 2.23. The summed E-state index contributed by atoms with van der Waals surface area (Å²) in [5.74, 6) is -1.90. The van der Waals surface area contributed by atoms with Crippen LogP contribution in [0.5, 0.6) is 0 Å². The predicted octanol–water partition coefficient (Wildman–Crippen LogP) is 4.18. The molecule has 1 rings (SSSR count). The van der Waals surface area contributed by atoms with Gasteiger partial charge in [0.15, 0.2) is 0 Å². The van der Waals surface area contributed by atoms with Crippen LogP contribution in [0.4, 0.5) is 9.18 Å². The summed E-state index contributed by atoms with van der Waals surface area (Å²) in [6.45, 7) is 8.57. The van der Waals surface area contributed by atoms with E-state index in [0.29, 0.717) is 6.42 Å². The molecule has 0 heterocycles. The highest BCUT2D eigenvalue weighted by Crippen LogP contribution is 2.17. The van der Waals surface area contributed by atoms with Crippen LogP contribution in [0, 0.1) is 5.92 Å². The minimum Gasteiger partial charge on any atom is -0.466 e. The maximum absolute atomic E-state index is 14.5. The average molecular weight is 365 g/mol. The molecule has 144 valence electrons. The van der Waals surface area contributed by atoms with Crippen LogP contribution in [0.1, 0.15) is 40.2 Å². The van der Waals surface area contributed by atoms with Crippen molar-refractivity contribution in [1.29, 1.82) is 0 Å². The Kier molecular flexibility index (Phi) is 8.29. The topological polar surface area (TPSA) is 64.6 Å². The molecule has 2 atom stereocenters. The van der Waals surface area contributed by atoms with Crippen LogP contribution in [-0.4, -0.2) is 30.3 Å². The maximum Gasteiger partial charge on any atom is 0.408 e. The zero-order valence-electron chi connectivity index (χ0n) is 16.0. The van der Waals surface area contributed by atoms with Crippen LogP contribution in [0.3, 0.4) is 0 Å². The summed E-state index contributed by atoms with van der Waals surface area (Å²) in [5, 5.41) is 2.42. The smallest absolute Gasteiger partial charge is 0.408 e. The van der Waals surface area contributed by atoms with Crippen molar-refractivity contribution in [1.82, 2.24) is 5.32 Å². The summed E-state index contributed by atoms with van der Waals surface area (Å²) < 4.78 is 24.7. The number of esters is 1. The first-order valence-corrected chi connectivity index (χ1v) is 8.69. The van der Waals surface area contributed by atoms with Crippen LogP contribution < -0.4 is 5.32 Å². The van der Waals surface area contributed by atoms with Crippen LogP contribution in [0.2, 0.25) is 0 Å². The molecule has 0 aliphatic carbocycles. The quantitative estimate of drug-likeness (QED) is 0.737. The van der Waals surface area contributed by atoms with Gasteiger partial charge in [0.05, 0.1) is 18.6 Å². The zero-order valence-corrected chi connectivity index (χ0v) is 16.0. The summed E-state index contributed by atoms with van der Waals surface area (Å²) in [6, 6.07) is 8.37. The molecule has 0 spiro atoms. The van der Waals surface area contributed by atoms with Gasteiger partial charge in [0.25, 0.3) is 0 Å². The third-order valence-electron chi connectivity index (χ3n) is 3.40. The molecule has 0 aliphatic heterocycles. The second kappa shape index (κ2) is 9.94. The van der Waals surface area contributed by atoms with Crippen molar-refractivity contribution in [2.75, 3.05) is 6.61 Å². The van der Waals surface area contributed by atoms with E-state index in [9.17, 15) is 14.0 Å². The van der Waals surface area contributed by atoms with Gasteiger partial charge in [-0.2, -0.15) is 0 Å². The summed E-state index contributed by atoms with van der Waals surface area (Å²) in [6.07, 6.45) is 0.795. The molecule has 0 saturated carbocycles. The molecule has 0 fully saturated rings. The van der Waals surface area contributed by atoms with Gasteiger partial charge in [-0.3, -0.25) is 4.79 Å². The zero-order chi connectivity index (χ0) is 19.7.